The third kappa shape index (κ3) is 5.20. The Labute approximate surface area is 139 Å². The lowest BCUT2D eigenvalue weighted by molar-refractivity contribution is -0.120. The van der Waals surface area contributed by atoms with Crippen LogP contribution in [0, 0.1) is 5.82 Å². The van der Waals surface area contributed by atoms with Gasteiger partial charge >= 0.3 is 0 Å². The third-order valence-electron chi connectivity index (χ3n) is 3.43. The molecule has 1 aromatic carbocycles. The number of carbonyl (C=O) groups excluding carboxylic acids is 2. The van der Waals surface area contributed by atoms with Gasteiger partial charge in [0.05, 0.1) is 19.4 Å². The lowest BCUT2D eigenvalue weighted by atomic mass is 10.2. The number of hydrogen-bond acceptors (Lipinski definition) is 4. The number of hydrogen-bond donors (Lipinski definition) is 1. The van der Waals surface area contributed by atoms with E-state index >= 15 is 0 Å². The standard InChI is InChI=1S/C17H20FN3O3/c1-20(11-15-3-2-10-24-15)12-17(23)21(9-8-16(19)22)14-6-4-13(18)5-7-14/h2-7,10H,8-9,11-12H2,1H3,(H2,19,22). The van der Waals surface area contributed by atoms with Crippen LogP contribution in [0.4, 0.5) is 10.1 Å². The Balaban J connectivity index is 2.05. The number of amides is 2. The van der Waals surface area contributed by atoms with Crippen molar-refractivity contribution >= 4 is 17.5 Å². The zero-order chi connectivity index (χ0) is 17.5. The van der Waals surface area contributed by atoms with Crippen molar-refractivity contribution < 1.29 is 18.4 Å². The van der Waals surface area contributed by atoms with E-state index in [0.717, 1.165) is 5.76 Å². The number of rotatable bonds is 8. The summed E-state index contributed by atoms with van der Waals surface area (Å²) >= 11 is 0. The molecule has 0 spiro atoms. The second-order valence-electron chi connectivity index (χ2n) is 5.49. The second kappa shape index (κ2) is 8.26. The average Bonchev–Trinajstić information content (AvgIpc) is 3.01. The van der Waals surface area contributed by atoms with Gasteiger partial charge in [-0.15, -0.1) is 0 Å². The van der Waals surface area contributed by atoms with E-state index in [2.05, 4.69) is 0 Å². The Morgan fingerprint density at radius 3 is 2.50 bits per heavy atom. The summed E-state index contributed by atoms with van der Waals surface area (Å²) in [5, 5.41) is 0. The van der Waals surface area contributed by atoms with Gasteiger partial charge in [0.15, 0.2) is 0 Å². The fourth-order valence-corrected chi connectivity index (χ4v) is 2.28. The summed E-state index contributed by atoms with van der Waals surface area (Å²) < 4.78 is 18.3. The van der Waals surface area contributed by atoms with Gasteiger partial charge in [0, 0.05) is 18.7 Å². The smallest absolute Gasteiger partial charge is 0.241 e. The number of benzene rings is 1. The molecular weight excluding hydrogens is 313 g/mol. The van der Waals surface area contributed by atoms with Crippen molar-refractivity contribution in [1.29, 1.82) is 0 Å². The molecule has 7 heteroatoms. The lowest BCUT2D eigenvalue weighted by Crippen LogP contribution is -2.40. The first kappa shape index (κ1) is 17.7. The summed E-state index contributed by atoms with van der Waals surface area (Å²) in [5.41, 5.74) is 5.70. The van der Waals surface area contributed by atoms with Gasteiger partial charge in [-0.2, -0.15) is 0 Å². The number of anilines is 1. The maximum absolute atomic E-state index is 13.1. The number of likely N-dealkylation sites (N-methyl/N-ethyl adjacent to an activating group) is 1. The van der Waals surface area contributed by atoms with Crippen LogP contribution in [0.25, 0.3) is 0 Å². The summed E-state index contributed by atoms with van der Waals surface area (Å²) in [5.74, 6) is -0.359. The topological polar surface area (TPSA) is 79.8 Å². The Morgan fingerprint density at radius 2 is 1.92 bits per heavy atom. The molecule has 0 unspecified atom stereocenters. The number of nitrogens with two attached hydrogens (primary N) is 1. The first-order valence-corrected chi connectivity index (χ1v) is 7.51. The van der Waals surface area contributed by atoms with Crippen molar-refractivity contribution in [2.24, 2.45) is 5.73 Å². The van der Waals surface area contributed by atoms with Gasteiger partial charge in [0.1, 0.15) is 11.6 Å². The zero-order valence-electron chi connectivity index (χ0n) is 13.4. The first-order chi connectivity index (χ1) is 11.5. The molecule has 0 aliphatic carbocycles. The summed E-state index contributed by atoms with van der Waals surface area (Å²) in [4.78, 5) is 26.9. The predicted molar refractivity (Wildman–Crippen MR) is 87.6 cm³/mol. The fourth-order valence-electron chi connectivity index (χ4n) is 2.28. The molecule has 6 nitrogen and oxygen atoms in total. The van der Waals surface area contributed by atoms with Crippen LogP contribution in [0.3, 0.4) is 0 Å². The molecule has 0 atom stereocenters. The molecule has 0 saturated carbocycles. The minimum atomic E-state index is -0.501. The Bertz CT molecular complexity index is 671. The van der Waals surface area contributed by atoms with Crippen molar-refractivity contribution in [2.75, 3.05) is 25.0 Å². The summed E-state index contributed by atoms with van der Waals surface area (Å²) in [6.45, 7) is 0.747. The van der Waals surface area contributed by atoms with Gasteiger partial charge in [-0.1, -0.05) is 0 Å². The molecule has 24 heavy (non-hydrogen) atoms. The monoisotopic (exact) mass is 333 g/mol. The van der Waals surface area contributed by atoms with E-state index in [1.807, 2.05) is 6.07 Å². The minimum Gasteiger partial charge on any atom is -0.468 e. The number of primary amides is 1. The molecule has 2 aromatic rings. The largest absolute Gasteiger partial charge is 0.468 e. The fraction of sp³-hybridized carbons (Fsp3) is 0.294. The van der Waals surface area contributed by atoms with E-state index in [1.54, 1.807) is 24.3 Å². The molecule has 2 rings (SSSR count). The van der Waals surface area contributed by atoms with Crippen LogP contribution in [0.2, 0.25) is 0 Å². The van der Waals surface area contributed by atoms with Crippen LogP contribution < -0.4 is 10.6 Å². The average molecular weight is 333 g/mol. The number of nitrogens with zero attached hydrogens (tertiary/aromatic N) is 2. The Hall–Kier alpha value is -2.67. The molecule has 0 saturated heterocycles. The zero-order valence-corrected chi connectivity index (χ0v) is 13.4. The van der Waals surface area contributed by atoms with Gasteiger partial charge in [-0.05, 0) is 43.4 Å². The molecule has 0 aliphatic heterocycles. The van der Waals surface area contributed by atoms with Crippen LogP contribution >= 0.6 is 0 Å². The first-order valence-electron chi connectivity index (χ1n) is 7.51. The molecular formula is C17H20FN3O3. The van der Waals surface area contributed by atoms with Gasteiger partial charge in [0.25, 0.3) is 0 Å². The van der Waals surface area contributed by atoms with E-state index in [-0.39, 0.29) is 25.4 Å². The van der Waals surface area contributed by atoms with Crippen molar-refractivity contribution in [3.05, 3.63) is 54.2 Å². The Morgan fingerprint density at radius 1 is 1.21 bits per heavy atom. The van der Waals surface area contributed by atoms with Gasteiger partial charge < -0.3 is 15.1 Å². The van der Waals surface area contributed by atoms with E-state index < -0.39 is 11.7 Å². The summed E-state index contributed by atoms with van der Waals surface area (Å²) in [6.07, 6.45) is 1.60. The molecule has 0 bridgehead atoms. The van der Waals surface area contributed by atoms with E-state index in [9.17, 15) is 14.0 Å². The molecule has 0 fully saturated rings. The van der Waals surface area contributed by atoms with Crippen molar-refractivity contribution in [3.63, 3.8) is 0 Å². The molecule has 2 amide bonds. The second-order valence-corrected chi connectivity index (χ2v) is 5.49. The van der Waals surface area contributed by atoms with E-state index in [0.29, 0.717) is 12.2 Å². The number of halogens is 1. The van der Waals surface area contributed by atoms with Crippen molar-refractivity contribution in [2.45, 2.75) is 13.0 Å². The molecule has 0 radical (unpaired) electrons. The van der Waals surface area contributed by atoms with Crippen LogP contribution in [0.1, 0.15) is 12.2 Å². The van der Waals surface area contributed by atoms with Crippen molar-refractivity contribution in [1.82, 2.24) is 4.90 Å². The SMILES string of the molecule is CN(CC(=O)N(CCC(N)=O)c1ccc(F)cc1)Cc1ccco1. The highest BCUT2D eigenvalue weighted by Crippen LogP contribution is 2.16. The lowest BCUT2D eigenvalue weighted by Gasteiger charge is -2.25. The van der Waals surface area contributed by atoms with Crippen LogP contribution in [-0.4, -0.2) is 36.9 Å². The van der Waals surface area contributed by atoms with Crippen LogP contribution in [0.15, 0.2) is 47.1 Å². The molecule has 2 N–H and O–H groups in total. The number of carbonyl (C=O) groups is 2. The van der Waals surface area contributed by atoms with Gasteiger partial charge in [-0.25, -0.2) is 4.39 Å². The van der Waals surface area contributed by atoms with Gasteiger partial charge in [-0.3, -0.25) is 14.5 Å². The highest BCUT2D eigenvalue weighted by Gasteiger charge is 2.18. The normalized spacial score (nSPS) is 10.8. The van der Waals surface area contributed by atoms with Gasteiger partial charge in [0.2, 0.25) is 11.8 Å². The minimum absolute atomic E-state index is 0.0328. The molecule has 1 heterocycles. The van der Waals surface area contributed by atoms with E-state index in [1.165, 1.54) is 29.2 Å². The van der Waals surface area contributed by atoms with Crippen LogP contribution in [0.5, 0.6) is 0 Å². The number of furan rings is 1. The van der Waals surface area contributed by atoms with Crippen LogP contribution in [-0.2, 0) is 16.1 Å². The maximum Gasteiger partial charge on any atom is 0.241 e. The quantitative estimate of drug-likeness (QED) is 0.798. The maximum atomic E-state index is 13.1. The highest BCUT2D eigenvalue weighted by atomic mass is 19.1. The summed E-state index contributed by atoms with van der Waals surface area (Å²) in [7, 11) is 1.79. The van der Waals surface area contributed by atoms with E-state index in [4.69, 9.17) is 10.2 Å². The van der Waals surface area contributed by atoms with Crippen molar-refractivity contribution in [3.8, 4) is 0 Å². The summed E-state index contributed by atoms with van der Waals surface area (Å²) in [6, 6.07) is 9.15. The third-order valence-corrected chi connectivity index (χ3v) is 3.43. The molecule has 0 aliphatic rings. The Kier molecular flexibility index (Phi) is 6.08. The molecule has 1 aromatic heterocycles. The highest BCUT2D eigenvalue weighted by molar-refractivity contribution is 5.95. The predicted octanol–water partition coefficient (Wildman–Crippen LogP) is 1.76. The molecule has 128 valence electrons.